The Bertz CT molecular complexity index is 549. The van der Waals surface area contributed by atoms with E-state index in [0.29, 0.717) is 18.0 Å². The Morgan fingerprint density at radius 1 is 1.23 bits per heavy atom. The van der Waals surface area contributed by atoms with Gasteiger partial charge in [-0.1, -0.05) is 48.9 Å². The minimum atomic E-state index is -0.910. The molecule has 2 aliphatic carbocycles. The summed E-state index contributed by atoms with van der Waals surface area (Å²) in [5, 5.41) is 14.9. The van der Waals surface area contributed by atoms with Gasteiger partial charge in [-0.15, -0.1) is 0 Å². The van der Waals surface area contributed by atoms with Crippen LogP contribution in [0.15, 0.2) is 35.9 Å². The average molecular weight is 300 g/mol. The van der Waals surface area contributed by atoms with E-state index in [1.54, 1.807) is 0 Å². The third-order valence-electron chi connectivity index (χ3n) is 4.74. The minimum Gasteiger partial charge on any atom is -0.465 e. The van der Waals surface area contributed by atoms with Gasteiger partial charge < -0.3 is 15.7 Å². The highest BCUT2D eigenvalue weighted by molar-refractivity contribution is 5.65. The second kappa shape index (κ2) is 6.53. The predicted octanol–water partition coefficient (Wildman–Crippen LogP) is 3.26. The molecular weight excluding hydrogens is 276 g/mol. The van der Waals surface area contributed by atoms with Crippen molar-refractivity contribution < 1.29 is 9.90 Å². The van der Waals surface area contributed by atoms with Crippen LogP contribution in [0.1, 0.15) is 38.2 Å². The van der Waals surface area contributed by atoms with Crippen molar-refractivity contribution in [3.63, 3.8) is 0 Å². The maximum Gasteiger partial charge on any atom is 0.404 e. The van der Waals surface area contributed by atoms with Crippen LogP contribution < -0.4 is 10.6 Å². The van der Waals surface area contributed by atoms with Crippen LogP contribution in [0.5, 0.6) is 0 Å². The first-order valence-electron chi connectivity index (χ1n) is 8.16. The number of benzene rings is 1. The maximum atomic E-state index is 10.6. The molecule has 118 valence electrons. The topological polar surface area (TPSA) is 61.4 Å². The van der Waals surface area contributed by atoms with Crippen molar-refractivity contribution >= 4 is 12.2 Å². The zero-order chi connectivity index (χ0) is 15.5. The highest BCUT2D eigenvalue weighted by atomic mass is 16.4. The van der Waals surface area contributed by atoms with Gasteiger partial charge in [0, 0.05) is 18.1 Å². The molecule has 0 bridgehead atoms. The van der Waals surface area contributed by atoms with Crippen LogP contribution in [-0.4, -0.2) is 29.3 Å². The molecule has 3 N–H and O–H groups in total. The molecule has 0 radical (unpaired) electrons. The van der Waals surface area contributed by atoms with Gasteiger partial charge in [0.25, 0.3) is 0 Å². The third-order valence-corrected chi connectivity index (χ3v) is 4.74. The van der Waals surface area contributed by atoms with Gasteiger partial charge >= 0.3 is 6.09 Å². The van der Waals surface area contributed by atoms with Crippen molar-refractivity contribution in [2.45, 2.75) is 50.7 Å². The standard InChI is InChI=1S/C18H24N2O2/c1-2-13(8-12-6-4-3-5-7-12)16-11-17(16)19-14-9-15(10-14)20-18(21)22/h3-8,14-17,19-20H,2,9-11H2,1H3,(H,21,22)/b13-8+. The van der Waals surface area contributed by atoms with Gasteiger partial charge in [0.15, 0.2) is 0 Å². The fourth-order valence-corrected chi connectivity index (χ4v) is 3.37. The summed E-state index contributed by atoms with van der Waals surface area (Å²) in [6, 6.07) is 11.7. The van der Waals surface area contributed by atoms with E-state index in [1.165, 1.54) is 17.6 Å². The summed E-state index contributed by atoms with van der Waals surface area (Å²) >= 11 is 0. The lowest BCUT2D eigenvalue weighted by atomic mass is 9.86. The van der Waals surface area contributed by atoms with Crippen LogP contribution in [0.3, 0.4) is 0 Å². The lowest BCUT2D eigenvalue weighted by molar-refractivity contribution is 0.172. The van der Waals surface area contributed by atoms with Crippen molar-refractivity contribution in [3.8, 4) is 0 Å². The zero-order valence-corrected chi connectivity index (χ0v) is 13.0. The fourth-order valence-electron chi connectivity index (χ4n) is 3.37. The van der Waals surface area contributed by atoms with E-state index >= 15 is 0 Å². The molecule has 4 nitrogen and oxygen atoms in total. The summed E-state index contributed by atoms with van der Waals surface area (Å²) in [7, 11) is 0. The smallest absolute Gasteiger partial charge is 0.404 e. The zero-order valence-electron chi connectivity index (χ0n) is 13.0. The molecule has 2 aliphatic rings. The SMILES string of the molecule is CC/C(=C\c1ccccc1)C1CC1NC1CC(NC(=O)O)C1. The molecule has 4 heteroatoms. The second-order valence-electron chi connectivity index (χ2n) is 6.41. The molecule has 0 saturated heterocycles. The predicted molar refractivity (Wildman–Crippen MR) is 87.7 cm³/mol. The van der Waals surface area contributed by atoms with E-state index in [-0.39, 0.29) is 6.04 Å². The molecule has 2 unspecified atom stereocenters. The summed E-state index contributed by atoms with van der Waals surface area (Å²) in [5.74, 6) is 0.650. The van der Waals surface area contributed by atoms with Gasteiger partial charge in [-0.3, -0.25) is 0 Å². The van der Waals surface area contributed by atoms with E-state index < -0.39 is 6.09 Å². The molecule has 0 aromatic heterocycles. The van der Waals surface area contributed by atoms with Gasteiger partial charge in [-0.25, -0.2) is 4.79 Å². The lowest BCUT2D eigenvalue weighted by Crippen LogP contribution is -2.52. The van der Waals surface area contributed by atoms with Crippen LogP contribution in [0.4, 0.5) is 4.79 Å². The molecular formula is C18H24N2O2. The van der Waals surface area contributed by atoms with Crippen molar-refractivity contribution in [2.75, 3.05) is 0 Å². The highest BCUT2D eigenvalue weighted by Gasteiger charge is 2.42. The maximum absolute atomic E-state index is 10.6. The van der Waals surface area contributed by atoms with Crippen LogP contribution in [0.2, 0.25) is 0 Å². The average Bonchev–Trinajstić information content (AvgIpc) is 3.22. The minimum absolute atomic E-state index is 0.137. The third kappa shape index (κ3) is 3.69. The quantitative estimate of drug-likeness (QED) is 0.755. The lowest BCUT2D eigenvalue weighted by Gasteiger charge is -2.36. The Hall–Kier alpha value is -1.81. The number of rotatable bonds is 6. The van der Waals surface area contributed by atoms with Crippen LogP contribution in [0, 0.1) is 5.92 Å². The van der Waals surface area contributed by atoms with Crippen LogP contribution in [-0.2, 0) is 0 Å². The molecule has 1 aromatic rings. The Balaban J connectivity index is 1.47. The number of carbonyl (C=O) groups is 1. The van der Waals surface area contributed by atoms with Crippen molar-refractivity contribution in [1.29, 1.82) is 0 Å². The Labute approximate surface area is 131 Å². The van der Waals surface area contributed by atoms with Crippen LogP contribution >= 0.6 is 0 Å². The molecule has 0 heterocycles. The van der Waals surface area contributed by atoms with E-state index in [2.05, 4.69) is 47.9 Å². The molecule has 2 saturated carbocycles. The second-order valence-corrected chi connectivity index (χ2v) is 6.41. The Morgan fingerprint density at radius 3 is 2.59 bits per heavy atom. The molecule has 1 aromatic carbocycles. The van der Waals surface area contributed by atoms with Crippen molar-refractivity contribution in [2.24, 2.45) is 5.92 Å². The Morgan fingerprint density at radius 2 is 1.95 bits per heavy atom. The molecule has 0 spiro atoms. The molecule has 1 amide bonds. The molecule has 3 rings (SSSR count). The van der Waals surface area contributed by atoms with Gasteiger partial charge in [0.05, 0.1) is 0 Å². The van der Waals surface area contributed by atoms with E-state index in [1.807, 2.05) is 6.07 Å². The molecule has 22 heavy (non-hydrogen) atoms. The first kappa shape index (κ1) is 15.1. The molecule has 2 fully saturated rings. The van der Waals surface area contributed by atoms with Crippen molar-refractivity contribution in [3.05, 3.63) is 41.5 Å². The number of amides is 1. The number of carboxylic acid groups (broad SMARTS) is 1. The monoisotopic (exact) mass is 300 g/mol. The van der Waals surface area contributed by atoms with Gasteiger partial charge in [0.2, 0.25) is 0 Å². The first-order valence-corrected chi connectivity index (χ1v) is 8.16. The number of hydrogen-bond acceptors (Lipinski definition) is 2. The molecule has 0 aliphatic heterocycles. The molecule has 2 atom stereocenters. The summed E-state index contributed by atoms with van der Waals surface area (Å²) in [6.07, 6.45) is 5.54. The van der Waals surface area contributed by atoms with E-state index in [0.717, 1.165) is 19.3 Å². The summed E-state index contributed by atoms with van der Waals surface area (Å²) in [5.41, 5.74) is 2.79. The van der Waals surface area contributed by atoms with Gasteiger partial charge in [0.1, 0.15) is 0 Å². The normalized spacial score (nSPS) is 30.5. The van der Waals surface area contributed by atoms with Gasteiger partial charge in [-0.2, -0.15) is 0 Å². The Kier molecular flexibility index (Phi) is 4.48. The van der Waals surface area contributed by atoms with E-state index in [9.17, 15) is 4.79 Å². The number of nitrogens with one attached hydrogen (secondary N) is 2. The van der Waals surface area contributed by atoms with Crippen molar-refractivity contribution in [1.82, 2.24) is 10.6 Å². The fraction of sp³-hybridized carbons (Fsp3) is 0.500. The first-order chi connectivity index (χ1) is 10.7. The summed E-state index contributed by atoms with van der Waals surface area (Å²) in [6.45, 7) is 2.22. The largest absolute Gasteiger partial charge is 0.465 e. The number of hydrogen-bond donors (Lipinski definition) is 3. The van der Waals surface area contributed by atoms with Gasteiger partial charge in [-0.05, 0) is 37.2 Å². The van der Waals surface area contributed by atoms with Crippen LogP contribution in [0.25, 0.3) is 6.08 Å². The summed E-state index contributed by atoms with van der Waals surface area (Å²) < 4.78 is 0. The summed E-state index contributed by atoms with van der Waals surface area (Å²) in [4.78, 5) is 10.6. The van der Waals surface area contributed by atoms with E-state index in [4.69, 9.17) is 5.11 Å². The highest BCUT2D eigenvalue weighted by Crippen LogP contribution is 2.41.